The number of nitrogens with one attached hydrogen (secondary N) is 2. The molecule has 0 bridgehead atoms. The van der Waals surface area contributed by atoms with Crippen LogP contribution in [0, 0.1) is 12.3 Å². The van der Waals surface area contributed by atoms with Crippen LogP contribution < -0.4 is 20.1 Å². The highest BCUT2D eigenvalue weighted by molar-refractivity contribution is 5.80. The van der Waals surface area contributed by atoms with Crippen molar-refractivity contribution in [2.75, 3.05) is 46.4 Å². The molecule has 0 spiro atoms. The van der Waals surface area contributed by atoms with Gasteiger partial charge in [0.1, 0.15) is 6.61 Å². The number of methoxy groups -OCH3 is 1. The first-order valence-corrected chi connectivity index (χ1v) is 9.16. The van der Waals surface area contributed by atoms with E-state index in [1.165, 1.54) is 0 Å². The Morgan fingerprint density at radius 3 is 2.58 bits per heavy atom. The lowest BCUT2D eigenvalue weighted by Crippen LogP contribution is -2.37. The third-order valence-electron chi connectivity index (χ3n) is 3.91. The van der Waals surface area contributed by atoms with Crippen molar-refractivity contribution in [2.45, 2.75) is 27.3 Å². The molecule has 1 aromatic carbocycles. The number of benzene rings is 1. The van der Waals surface area contributed by atoms with Crippen LogP contribution in [0.15, 0.2) is 23.2 Å². The van der Waals surface area contributed by atoms with Gasteiger partial charge in [-0.2, -0.15) is 0 Å². The van der Waals surface area contributed by atoms with E-state index >= 15 is 0 Å². The molecule has 0 aromatic heterocycles. The monoisotopic (exact) mass is 360 g/mol. The molecule has 1 rings (SSSR count). The van der Waals surface area contributed by atoms with Gasteiger partial charge in [0, 0.05) is 13.1 Å². The van der Waals surface area contributed by atoms with E-state index in [1.54, 1.807) is 7.11 Å². The zero-order valence-electron chi connectivity index (χ0n) is 16.5. The molecular formula is C20H32N4O2. The zero-order chi connectivity index (χ0) is 19.2. The second-order valence-corrected chi connectivity index (χ2v) is 5.61. The highest BCUT2D eigenvalue weighted by Gasteiger charge is 2.07. The molecular weight excluding hydrogens is 328 g/mol. The predicted molar refractivity (Wildman–Crippen MR) is 108 cm³/mol. The zero-order valence-corrected chi connectivity index (χ0v) is 16.5. The second-order valence-electron chi connectivity index (χ2n) is 5.61. The van der Waals surface area contributed by atoms with Crippen molar-refractivity contribution in [3.8, 4) is 23.8 Å². The van der Waals surface area contributed by atoms with Gasteiger partial charge in [-0.05, 0) is 37.7 Å². The molecule has 0 amide bonds. The summed E-state index contributed by atoms with van der Waals surface area (Å²) in [5.74, 6) is 4.72. The molecule has 0 aliphatic carbocycles. The summed E-state index contributed by atoms with van der Waals surface area (Å²) in [5, 5.41) is 6.23. The van der Waals surface area contributed by atoms with Crippen LogP contribution in [-0.2, 0) is 6.54 Å². The molecule has 0 radical (unpaired) electrons. The molecule has 0 fully saturated rings. The van der Waals surface area contributed by atoms with Gasteiger partial charge in [-0.15, -0.1) is 6.42 Å². The third-order valence-corrected chi connectivity index (χ3v) is 3.91. The van der Waals surface area contributed by atoms with Gasteiger partial charge in [0.25, 0.3) is 0 Å². The van der Waals surface area contributed by atoms with Crippen LogP contribution in [0.5, 0.6) is 11.5 Å². The summed E-state index contributed by atoms with van der Waals surface area (Å²) in [7, 11) is 1.65. The number of ether oxygens (including phenoxy) is 2. The Hall–Kier alpha value is -2.39. The topological polar surface area (TPSA) is 58.1 Å². The number of likely N-dealkylation sites (N-methyl/N-ethyl adjacent to an activating group) is 1. The number of hydrogen-bond donors (Lipinski definition) is 2. The number of aliphatic imine (C=N–C) groups is 1. The average Bonchev–Trinajstić information content (AvgIpc) is 2.67. The second kappa shape index (κ2) is 12.9. The Labute approximate surface area is 158 Å². The highest BCUT2D eigenvalue weighted by atomic mass is 16.5. The van der Waals surface area contributed by atoms with Gasteiger partial charge in [0.2, 0.25) is 0 Å². The maximum Gasteiger partial charge on any atom is 0.192 e. The Morgan fingerprint density at radius 2 is 1.96 bits per heavy atom. The predicted octanol–water partition coefficient (Wildman–Crippen LogP) is 2.10. The van der Waals surface area contributed by atoms with Crippen molar-refractivity contribution in [3.63, 3.8) is 0 Å². The van der Waals surface area contributed by atoms with Gasteiger partial charge in [0.05, 0.1) is 20.2 Å². The molecule has 0 saturated heterocycles. The van der Waals surface area contributed by atoms with Crippen LogP contribution in [0.25, 0.3) is 0 Å². The van der Waals surface area contributed by atoms with E-state index in [-0.39, 0.29) is 0 Å². The first-order valence-electron chi connectivity index (χ1n) is 9.16. The van der Waals surface area contributed by atoms with Gasteiger partial charge < -0.3 is 25.0 Å². The van der Waals surface area contributed by atoms with Crippen LogP contribution in [-0.4, -0.2) is 57.3 Å². The van der Waals surface area contributed by atoms with E-state index < -0.39 is 0 Å². The summed E-state index contributed by atoms with van der Waals surface area (Å²) in [6, 6.07) is 5.90. The van der Waals surface area contributed by atoms with E-state index in [4.69, 9.17) is 15.9 Å². The molecule has 26 heavy (non-hydrogen) atoms. The molecule has 6 heteroatoms. The van der Waals surface area contributed by atoms with Crippen molar-refractivity contribution in [1.29, 1.82) is 0 Å². The van der Waals surface area contributed by atoms with E-state index in [0.717, 1.165) is 43.2 Å². The van der Waals surface area contributed by atoms with Crippen molar-refractivity contribution in [2.24, 2.45) is 4.99 Å². The van der Waals surface area contributed by atoms with Crippen molar-refractivity contribution in [1.82, 2.24) is 15.5 Å². The minimum Gasteiger partial charge on any atom is -0.493 e. The number of terminal acetylenes is 1. The minimum atomic E-state index is 0.439. The first-order chi connectivity index (χ1) is 12.7. The standard InChI is InChI=1S/C20H32N4O2/c1-6-12-22-20(21-7-2)23-16-17-10-11-18(19(15-17)25-5)26-14-13-24(8-3)9-4/h1,10-11,15H,7-9,12-14,16H2,2-5H3,(H2,21,22,23). The quantitative estimate of drug-likeness (QED) is 0.360. The van der Waals surface area contributed by atoms with E-state index in [9.17, 15) is 0 Å². The Kier molecular flexibility index (Phi) is 10.7. The molecule has 0 atom stereocenters. The summed E-state index contributed by atoms with van der Waals surface area (Å²) in [4.78, 5) is 6.85. The number of rotatable bonds is 11. The van der Waals surface area contributed by atoms with Crippen LogP contribution in [0.3, 0.4) is 0 Å². The summed E-state index contributed by atoms with van der Waals surface area (Å²) in [5.41, 5.74) is 1.04. The SMILES string of the molecule is C#CCNC(=NCc1ccc(OCCN(CC)CC)c(OC)c1)NCC. The summed E-state index contributed by atoms with van der Waals surface area (Å²) in [6.45, 7) is 11.6. The van der Waals surface area contributed by atoms with Crippen LogP contribution >= 0.6 is 0 Å². The van der Waals surface area contributed by atoms with Gasteiger partial charge in [0.15, 0.2) is 17.5 Å². The Morgan fingerprint density at radius 1 is 1.19 bits per heavy atom. The molecule has 0 aliphatic rings. The van der Waals surface area contributed by atoms with Gasteiger partial charge in [-0.1, -0.05) is 25.8 Å². The van der Waals surface area contributed by atoms with Crippen LogP contribution in [0.2, 0.25) is 0 Å². The number of nitrogens with zero attached hydrogens (tertiary/aromatic N) is 2. The molecule has 6 nitrogen and oxygen atoms in total. The lowest BCUT2D eigenvalue weighted by Gasteiger charge is -2.19. The first kappa shape index (κ1) is 21.7. The van der Waals surface area contributed by atoms with Crippen molar-refractivity contribution in [3.05, 3.63) is 23.8 Å². The smallest absolute Gasteiger partial charge is 0.192 e. The fraction of sp³-hybridized carbons (Fsp3) is 0.550. The molecule has 1 aromatic rings. The highest BCUT2D eigenvalue weighted by Crippen LogP contribution is 2.28. The molecule has 0 unspecified atom stereocenters. The molecule has 0 aliphatic heterocycles. The molecule has 0 saturated carbocycles. The summed E-state index contributed by atoms with van der Waals surface area (Å²) >= 11 is 0. The lowest BCUT2D eigenvalue weighted by atomic mass is 10.2. The van der Waals surface area contributed by atoms with Gasteiger partial charge >= 0.3 is 0 Å². The Balaban J connectivity index is 2.70. The van der Waals surface area contributed by atoms with E-state index in [1.807, 2.05) is 25.1 Å². The molecule has 2 N–H and O–H groups in total. The minimum absolute atomic E-state index is 0.439. The van der Waals surface area contributed by atoms with Gasteiger partial charge in [-0.25, -0.2) is 4.99 Å². The maximum atomic E-state index is 5.89. The van der Waals surface area contributed by atoms with Crippen LogP contribution in [0.4, 0.5) is 0 Å². The molecule has 144 valence electrons. The third kappa shape index (κ3) is 7.66. The Bertz CT molecular complexity index is 592. The number of guanidine groups is 1. The maximum absolute atomic E-state index is 5.89. The summed E-state index contributed by atoms with van der Waals surface area (Å²) in [6.07, 6.45) is 5.28. The van der Waals surface area contributed by atoms with Crippen molar-refractivity contribution >= 4 is 5.96 Å². The fourth-order valence-corrected chi connectivity index (χ4v) is 2.40. The largest absolute Gasteiger partial charge is 0.493 e. The van der Waals surface area contributed by atoms with E-state index in [0.29, 0.717) is 25.7 Å². The van der Waals surface area contributed by atoms with Crippen LogP contribution in [0.1, 0.15) is 26.3 Å². The fourth-order valence-electron chi connectivity index (χ4n) is 2.40. The van der Waals surface area contributed by atoms with E-state index in [2.05, 4.69) is 40.3 Å². The molecule has 0 heterocycles. The average molecular weight is 361 g/mol. The summed E-state index contributed by atoms with van der Waals surface area (Å²) < 4.78 is 11.4. The van der Waals surface area contributed by atoms with Gasteiger partial charge in [-0.3, -0.25) is 0 Å². The lowest BCUT2D eigenvalue weighted by molar-refractivity contribution is 0.217. The number of hydrogen-bond acceptors (Lipinski definition) is 4. The normalized spacial score (nSPS) is 11.2. The van der Waals surface area contributed by atoms with Crippen molar-refractivity contribution < 1.29 is 9.47 Å².